The Bertz CT molecular complexity index is 751. The first-order chi connectivity index (χ1) is 10.1. The van der Waals surface area contributed by atoms with E-state index in [4.69, 9.17) is 21.0 Å². The van der Waals surface area contributed by atoms with Gasteiger partial charge in [-0.25, -0.2) is 21.0 Å². The number of benzene rings is 1. The number of aromatic nitrogens is 1. The fourth-order valence-corrected chi connectivity index (χ4v) is 2.80. The van der Waals surface area contributed by atoms with Crippen LogP contribution in [0.15, 0.2) is 24.3 Å². The fraction of sp³-hybridized carbons (Fsp3) is 0.214. The minimum absolute atomic E-state index is 1.07. The molecule has 2 aromatic rings. The Kier molecular flexibility index (Phi) is 5.44. The van der Waals surface area contributed by atoms with Gasteiger partial charge in [-0.1, -0.05) is 23.5 Å². The van der Waals surface area contributed by atoms with Gasteiger partial charge < -0.3 is 0 Å². The minimum Gasteiger partial charge on any atom is -0.245 e. The van der Waals surface area contributed by atoms with Gasteiger partial charge in [0.2, 0.25) is 10.5 Å². The highest BCUT2D eigenvalue weighted by Crippen LogP contribution is 2.18. The van der Waals surface area contributed by atoms with Gasteiger partial charge in [0.25, 0.3) is 0 Å². The summed E-state index contributed by atoms with van der Waals surface area (Å²) in [7, 11) is 0. The van der Waals surface area contributed by atoms with E-state index in [1.165, 1.54) is 39.1 Å². The molecule has 0 saturated heterocycles. The summed E-state index contributed by atoms with van der Waals surface area (Å²) in [4.78, 5) is 0. The second-order valence-electron chi connectivity index (χ2n) is 4.22. The summed E-state index contributed by atoms with van der Waals surface area (Å²) < 4.78 is 3.73. The van der Waals surface area contributed by atoms with Crippen molar-refractivity contribution in [2.45, 2.75) is 20.4 Å². The SMILES string of the molecule is CC[n+]1c(C)sc2ccccc21.N#C[B-](C#N)(C#N)C#N. The first-order valence-corrected chi connectivity index (χ1v) is 7.07. The Morgan fingerprint density at radius 2 is 1.57 bits per heavy atom. The smallest absolute Gasteiger partial charge is 0.245 e. The predicted molar refractivity (Wildman–Crippen MR) is 80.6 cm³/mol. The normalized spacial score (nSPS) is 9.43. The van der Waals surface area contributed by atoms with Crippen LogP contribution in [0.4, 0.5) is 0 Å². The number of thiazole rings is 1. The van der Waals surface area contributed by atoms with Crippen LogP contribution in [0.2, 0.25) is 0 Å². The van der Waals surface area contributed by atoms with Crippen molar-refractivity contribution in [3.63, 3.8) is 0 Å². The van der Waals surface area contributed by atoms with Gasteiger partial charge in [0.05, 0.1) is 0 Å². The Labute approximate surface area is 127 Å². The maximum absolute atomic E-state index is 8.09. The summed E-state index contributed by atoms with van der Waals surface area (Å²) >= 11 is 1.87. The Morgan fingerprint density at radius 1 is 1.05 bits per heavy atom. The molecule has 0 radical (unpaired) electrons. The number of nitrogens with zero attached hydrogens (tertiary/aromatic N) is 5. The van der Waals surface area contributed by atoms with Crippen molar-refractivity contribution in [2.24, 2.45) is 0 Å². The molecule has 7 heteroatoms. The molecule has 1 heterocycles. The minimum atomic E-state index is -2.72. The zero-order valence-corrected chi connectivity index (χ0v) is 12.6. The quantitative estimate of drug-likeness (QED) is 0.594. The second kappa shape index (κ2) is 7.06. The van der Waals surface area contributed by atoms with Crippen LogP contribution < -0.4 is 4.57 Å². The van der Waals surface area contributed by atoms with E-state index in [0.717, 1.165) is 6.54 Å². The number of fused-ring (bicyclic) bond motifs is 1. The summed E-state index contributed by atoms with van der Waals surface area (Å²) in [6, 6.07) is 8.56. The van der Waals surface area contributed by atoms with Gasteiger partial charge in [0, 0.05) is 13.0 Å². The lowest BCUT2D eigenvalue weighted by molar-refractivity contribution is -0.669. The maximum atomic E-state index is 8.09. The molecule has 102 valence electrons. The van der Waals surface area contributed by atoms with Crippen LogP contribution in [0.5, 0.6) is 0 Å². The number of hydrogen-bond acceptors (Lipinski definition) is 5. The van der Waals surface area contributed by atoms with E-state index < -0.39 is 6.15 Å². The monoisotopic (exact) mass is 293 g/mol. The van der Waals surface area contributed by atoms with Crippen LogP contribution >= 0.6 is 11.3 Å². The summed E-state index contributed by atoms with van der Waals surface area (Å²) in [6.07, 6.45) is -2.72. The average Bonchev–Trinajstić information content (AvgIpc) is 2.86. The van der Waals surface area contributed by atoms with Crippen molar-refractivity contribution in [2.75, 3.05) is 0 Å². The first kappa shape index (κ1) is 16.2. The molecule has 0 aliphatic rings. The molecule has 5 nitrogen and oxygen atoms in total. The topological polar surface area (TPSA) is 99.0 Å². The second-order valence-corrected chi connectivity index (χ2v) is 5.45. The van der Waals surface area contributed by atoms with Crippen molar-refractivity contribution in [1.29, 1.82) is 21.0 Å². The third-order valence-corrected chi connectivity index (χ3v) is 3.97. The van der Waals surface area contributed by atoms with Crippen LogP contribution in [0.3, 0.4) is 0 Å². The lowest BCUT2D eigenvalue weighted by Crippen LogP contribution is -2.33. The highest BCUT2D eigenvalue weighted by atomic mass is 32.1. The van der Waals surface area contributed by atoms with Gasteiger partial charge in [0.15, 0.2) is 0 Å². The Morgan fingerprint density at radius 3 is 2.00 bits per heavy atom. The Balaban J connectivity index is 0.000000222. The van der Waals surface area contributed by atoms with E-state index in [9.17, 15) is 0 Å². The molecule has 0 aliphatic heterocycles. The molecular weight excluding hydrogens is 281 g/mol. The molecular formula is C14H12BN5S. The molecule has 1 aromatic carbocycles. The van der Waals surface area contributed by atoms with E-state index in [0.29, 0.717) is 0 Å². The highest BCUT2D eigenvalue weighted by molar-refractivity contribution is 7.18. The lowest BCUT2D eigenvalue weighted by atomic mass is 9.30. The van der Waals surface area contributed by atoms with Gasteiger partial charge >= 0.3 is 6.15 Å². The van der Waals surface area contributed by atoms with Crippen molar-refractivity contribution >= 4 is 27.7 Å². The number of rotatable bonds is 1. The maximum Gasteiger partial charge on any atom is 0.383 e. The first-order valence-electron chi connectivity index (χ1n) is 6.26. The van der Waals surface area contributed by atoms with Crippen LogP contribution in [0.25, 0.3) is 10.2 Å². The molecule has 2 rings (SSSR count). The van der Waals surface area contributed by atoms with E-state index in [-0.39, 0.29) is 0 Å². The van der Waals surface area contributed by atoms with E-state index in [1.807, 2.05) is 11.3 Å². The van der Waals surface area contributed by atoms with Gasteiger partial charge in [-0.2, -0.15) is 4.57 Å². The molecule has 0 amide bonds. The summed E-state index contributed by atoms with van der Waals surface area (Å²) in [5, 5.41) is 33.7. The summed E-state index contributed by atoms with van der Waals surface area (Å²) in [6.45, 7) is 5.43. The Hall–Kier alpha value is -2.87. The van der Waals surface area contributed by atoms with Gasteiger partial charge in [0.1, 0.15) is 11.2 Å². The fourth-order valence-electron chi connectivity index (χ4n) is 1.72. The molecule has 0 saturated carbocycles. The van der Waals surface area contributed by atoms with Crippen molar-refractivity contribution < 1.29 is 4.57 Å². The molecule has 0 spiro atoms. The summed E-state index contributed by atoms with van der Waals surface area (Å²) in [5.74, 6) is 5.38. The lowest BCUT2D eigenvalue weighted by Gasteiger charge is -1.98. The number of para-hydroxylation sites is 1. The molecule has 0 fully saturated rings. The molecule has 0 bridgehead atoms. The number of hydrogen-bond donors (Lipinski definition) is 0. The molecule has 0 atom stereocenters. The zero-order valence-electron chi connectivity index (χ0n) is 11.7. The number of nitriles is 4. The predicted octanol–water partition coefficient (Wildman–Crippen LogP) is 2.20. The summed E-state index contributed by atoms with van der Waals surface area (Å²) in [5.41, 5.74) is 1.36. The van der Waals surface area contributed by atoms with Crippen molar-refractivity contribution in [1.82, 2.24) is 0 Å². The van der Waals surface area contributed by atoms with Crippen molar-refractivity contribution in [3.8, 4) is 23.9 Å². The van der Waals surface area contributed by atoms with E-state index in [1.54, 1.807) is 0 Å². The van der Waals surface area contributed by atoms with Crippen LogP contribution in [0, 0.1) is 51.8 Å². The third kappa shape index (κ3) is 3.37. The zero-order chi connectivity index (χ0) is 15.9. The molecule has 0 N–H and O–H groups in total. The molecule has 0 aliphatic carbocycles. The third-order valence-electron chi connectivity index (χ3n) is 2.88. The van der Waals surface area contributed by atoms with Gasteiger partial charge in [-0.3, -0.25) is 0 Å². The van der Waals surface area contributed by atoms with Crippen molar-refractivity contribution in [3.05, 3.63) is 29.3 Å². The van der Waals surface area contributed by atoms with Gasteiger partial charge in [-0.05, 0) is 13.0 Å². The van der Waals surface area contributed by atoms with Crippen LogP contribution in [-0.4, -0.2) is 6.15 Å². The molecule has 21 heavy (non-hydrogen) atoms. The van der Waals surface area contributed by atoms with Crippen LogP contribution in [0.1, 0.15) is 11.9 Å². The standard InChI is InChI=1S/C10H12NS.C4BN4/c1-3-11-8(2)12-10-7-5-4-6-9(10)11;6-1-5(2-7,3-8)4-9/h4-7H,3H2,1-2H3;/q+1;-1. The average molecular weight is 293 g/mol. The molecule has 1 aromatic heterocycles. The highest BCUT2D eigenvalue weighted by Gasteiger charge is 2.22. The van der Waals surface area contributed by atoms with Crippen LogP contribution in [-0.2, 0) is 6.54 Å². The number of aryl methyl sites for hydroxylation is 2. The van der Waals surface area contributed by atoms with Gasteiger partial charge in [-0.15, -0.1) is 23.9 Å². The van der Waals surface area contributed by atoms with E-state index in [2.05, 4.69) is 42.7 Å². The largest absolute Gasteiger partial charge is 0.383 e. The molecule has 0 unspecified atom stereocenters. The van der Waals surface area contributed by atoms with E-state index >= 15 is 0 Å².